The Hall–Kier alpha value is -2.89. The van der Waals surface area contributed by atoms with Gasteiger partial charge in [0.25, 0.3) is 5.91 Å². The Bertz CT molecular complexity index is 770. The number of carbonyl (C=O) groups is 2. The highest BCUT2D eigenvalue weighted by Gasteiger charge is 2.11. The minimum absolute atomic E-state index is 0.229. The molecule has 2 rings (SSSR count). The number of pyridine rings is 1. The highest BCUT2D eigenvalue weighted by Crippen LogP contribution is 2.23. The van der Waals surface area contributed by atoms with Crippen molar-refractivity contribution in [2.24, 2.45) is 0 Å². The molecule has 0 aliphatic carbocycles. The van der Waals surface area contributed by atoms with Crippen LogP contribution in [0.15, 0.2) is 36.5 Å². The van der Waals surface area contributed by atoms with Crippen molar-refractivity contribution in [1.29, 1.82) is 0 Å². The average molecular weight is 340 g/mol. The van der Waals surface area contributed by atoms with Gasteiger partial charge in [0.15, 0.2) is 0 Å². The summed E-state index contributed by atoms with van der Waals surface area (Å²) in [7, 11) is 0. The van der Waals surface area contributed by atoms with Crippen LogP contribution in [0.2, 0.25) is 0 Å². The summed E-state index contributed by atoms with van der Waals surface area (Å²) in [6.45, 7) is 9.47. The SMILES string of the molecule is CCN(CC)c1ccc(NC(=O)c2ccnc(NC(C)=O)c2)c(C)c1. The zero-order valence-corrected chi connectivity index (χ0v) is 15.1. The van der Waals surface area contributed by atoms with Gasteiger partial charge in [0.05, 0.1) is 0 Å². The number of rotatable bonds is 6. The van der Waals surface area contributed by atoms with Crippen LogP contribution in [0.4, 0.5) is 17.2 Å². The van der Waals surface area contributed by atoms with Gasteiger partial charge >= 0.3 is 0 Å². The molecule has 0 saturated carbocycles. The highest BCUT2D eigenvalue weighted by atomic mass is 16.2. The largest absolute Gasteiger partial charge is 0.372 e. The minimum atomic E-state index is -0.243. The summed E-state index contributed by atoms with van der Waals surface area (Å²) in [4.78, 5) is 29.9. The smallest absolute Gasteiger partial charge is 0.255 e. The van der Waals surface area contributed by atoms with E-state index < -0.39 is 0 Å². The summed E-state index contributed by atoms with van der Waals surface area (Å²) < 4.78 is 0. The maximum Gasteiger partial charge on any atom is 0.255 e. The second-order valence-corrected chi connectivity index (χ2v) is 5.74. The molecular formula is C19H24N4O2. The summed E-state index contributed by atoms with van der Waals surface area (Å²) in [6, 6.07) is 9.15. The molecule has 0 unspecified atom stereocenters. The van der Waals surface area contributed by atoms with Crippen molar-refractivity contribution < 1.29 is 9.59 Å². The minimum Gasteiger partial charge on any atom is -0.372 e. The molecule has 0 atom stereocenters. The molecule has 0 bridgehead atoms. The average Bonchev–Trinajstić information content (AvgIpc) is 2.58. The molecule has 0 aliphatic rings. The van der Waals surface area contributed by atoms with Gasteiger partial charge in [-0.15, -0.1) is 0 Å². The molecule has 6 heteroatoms. The van der Waals surface area contributed by atoms with Crippen molar-refractivity contribution in [1.82, 2.24) is 4.98 Å². The molecule has 2 amide bonds. The van der Waals surface area contributed by atoms with Crippen LogP contribution in [0, 0.1) is 6.92 Å². The Balaban J connectivity index is 2.16. The van der Waals surface area contributed by atoms with Crippen LogP contribution in [0.5, 0.6) is 0 Å². The lowest BCUT2D eigenvalue weighted by atomic mass is 10.1. The van der Waals surface area contributed by atoms with Crippen LogP contribution in [0.3, 0.4) is 0 Å². The van der Waals surface area contributed by atoms with Gasteiger partial charge in [0.1, 0.15) is 5.82 Å². The number of nitrogens with zero attached hydrogens (tertiary/aromatic N) is 2. The predicted octanol–water partition coefficient (Wildman–Crippen LogP) is 3.45. The zero-order chi connectivity index (χ0) is 18.4. The number of hydrogen-bond acceptors (Lipinski definition) is 4. The quantitative estimate of drug-likeness (QED) is 0.845. The second kappa shape index (κ2) is 8.28. The van der Waals surface area contributed by atoms with Crippen LogP contribution >= 0.6 is 0 Å². The van der Waals surface area contributed by atoms with Crippen LogP contribution in [0.1, 0.15) is 36.7 Å². The first-order valence-electron chi connectivity index (χ1n) is 8.35. The third-order valence-corrected chi connectivity index (χ3v) is 3.91. The molecule has 0 aliphatic heterocycles. The third-order valence-electron chi connectivity index (χ3n) is 3.91. The lowest BCUT2D eigenvalue weighted by Gasteiger charge is -2.22. The Morgan fingerprint density at radius 1 is 1.08 bits per heavy atom. The van der Waals surface area contributed by atoms with Crippen molar-refractivity contribution in [2.75, 3.05) is 28.6 Å². The van der Waals surface area contributed by atoms with Crippen molar-refractivity contribution >= 4 is 29.0 Å². The van der Waals surface area contributed by atoms with Gasteiger partial charge in [-0.25, -0.2) is 4.98 Å². The van der Waals surface area contributed by atoms with Gasteiger partial charge in [-0.2, -0.15) is 0 Å². The van der Waals surface area contributed by atoms with E-state index in [2.05, 4.69) is 40.4 Å². The van der Waals surface area contributed by atoms with Gasteiger partial charge in [0, 0.05) is 43.1 Å². The van der Waals surface area contributed by atoms with Crippen molar-refractivity contribution in [2.45, 2.75) is 27.7 Å². The van der Waals surface area contributed by atoms with E-state index in [4.69, 9.17) is 0 Å². The van der Waals surface area contributed by atoms with E-state index in [-0.39, 0.29) is 11.8 Å². The molecule has 25 heavy (non-hydrogen) atoms. The Morgan fingerprint density at radius 3 is 2.40 bits per heavy atom. The molecule has 132 valence electrons. The molecule has 6 nitrogen and oxygen atoms in total. The first-order chi connectivity index (χ1) is 11.9. The molecule has 0 fully saturated rings. The number of aryl methyl sites for hydroxylation is 1. The molecule has 2 N–H and O–H groups in total. The molecule has 1 heterocycles. The Labute approximate surface area is 148 Å². The predicted molar refractivity (Wildman–Crippen MR) is 101 cm³/mol. The van der Waals surface area contributed by atoms with Crippen LogP contribution in [-0.2, 0) is 4.79 Å². The monoisotopic (exact) mass is 340 g/mol. The molecule has 1 aromatic heterocycles. The number of anilines is 3. The van der Waals surface area contributed by atoms with Gasteiger partial charge in [0.2, 0.25) is 5.91 Å². The van der Waals surface area contributed by atoms with Gasteiger partial charge in [-0.1, -0.05) is 0 Å². The summed E-state index contributed by atoms with van der Waals surface area (Å²) in [5, 5.41) is 5.48. The fourth-order valence-corrected chi connectivity index (χ4v) is 2.59. The van der Waals surface area contributed by atoms with Gasteiger partial charge in [-0.05, 0) is 56.7 Å². The molecule has 2 aromatic rings. The number of nitrogens with one attached hydrogen (secondary N) is 2. The first kappa shape index (κ1) is 18.4. The summed E-state index contributed by atoms with van der Waals surface area (Å²) in [6.07, 6.45) is 1.50. The van der Waals surface area contributed by atoms with E-state index in [1.807, 2.05) is 19.1 Å². The lowest BCUT2D eigenvalue weighted by Crippen LogP contribution is -2.22. The van der Waals surface area contributed by atoms with Crippen molar-refractivity contribution in [3.63, 3.8) is 0 Å². The molecule has 0 radical (unpaired) electrons. The summed E-state index contributed by atoms with van der Waals surface area (Å²) in [5.74, 6) is -0.116. The molecule has 0 spiro atoms. The summed E-state index contributed by atoms with van der Waals surface area (Å²) >= 11 is 0. The van der Waals surface area contributed by atoms with Crippen LogP contribution in [0.25, 0.3) is 0 Å². The van der Waals surface area contributed by atoms with E-state index in [1.54, 1.807) is 12.1 Å². The maximum absolute atomic E-state index is 12.5. The van der Waals surface area contributed by atoms with E-state index in [1.165, 1.54) is 13.1 Å². The number of carbonyl (C=O) groups excluding carboxylic acids is 2. The normalized spacial score (nSPS) is 10.2. The Kier molecular flexibility index (Phi) is 6.11. The fraction of sp³-hybridized carbons (Fsp3) is 0.316. The van der Waals surface area contributed by atoms with Gasteiger partial charge < -0.3 is 15.5 Å². The fourth-order valence-electron chi connectivity index (χ4n) is 2.59. The molecular weight excluding hydrogens is 316 g/mol. The second-order valence-electron chi connectivity index (χ2n) is 5.74. The lowest BCUT2D eigenvalue weighted by molar-refractivity contribution is -0.114. The molecule has 0 saturated heterocycles. The topological polar surface area (TPSA) is 74.3 Å². The number of amides is 2. The van der Waals surface area contributed by atoms with Crippen LogP contribution < -0.4 is 15.5 Å². The zero-order valence-electron chi connectivity index (χ0n) is 15.1. The number of hydrogen-bond donors (Lipinski definition) is 2. The van der Waals surface area contributed by atoms with E-state index >= 15 is 0 Å². The van der Waals surface area contributed by atoms with E-state index in [0.29, 0.717) is 11.4 Å². The van der Waals surface area contributed by atoms with Crippen LogP contribution in [-0.4, -0.2) is 29.9 Å². The van der Waals surface area contributed by atoms with E-state index in [0.717, 1.165) is 30.0 Å². The molecule has 1 aromatic carbocycles. The van der Waals surface area contributed by atoms with Crippen molar-refractivity contribution in [3.8, 4) is 0 Å². The summed E-state index contributed by atoms with van der Waals surface area (Å²) in [5.41, 5.74) is 3.33. The van der Waals surface area contributed by atoms with Crippen molar-refractivity contribution in [3.05, 3.63) is 47.7 Å². The number of aromatic nitrogens is 1. The standard InChI is InChI=1S/C19H24N4O2/c1-5-23(6-2)16-7-8-17(13(3)11-16)22-19(25)15-9-10-20-18(12-15)21-14(4)24/h7-12H,5-6H2,1-4H3,(H,22,25)(H,20,21,24). The first-order valence-corrected chi connectivity index (χ1v) is 8.35. The maximum atomic E-state index is 12.5. The highest BCUT2D eigenvalue weighted by molar-refractivity contribution is 6.05. The van der Waals surface area contributed by atoms with Gasteiger partial charge in [-0.3, -0.25) is 9.59 Å². The third kappa shape index (κ3) is 4.79. The van der Waals surface area contributed by atoms with E-state index in [9.17, 15) is 9.59 Å². The Morgan fingerprint density at radius 2 is 1.80 bits per heavy atom. The number of benzene rings is 1.